The lowest BCUT2D eigenvalue weighted by Crippen LogP contribution is -2.04. The van der Waals surface area contributed by atoms with E-state index >= 15 is 0 Å². The first-order valence-corrected chi connectivity index (χ1v) is 7.24. The summed E-state index contributed by atoms with van der Waals surface area (Å²) < 4.78 is 4.86. The van der Waals surface area contributed by atoms with Crippen LogP contribution >= 0.6 is 0 Å². The maximum absolute atomic E-state index is 11.2. The first-order valence-electron chi connectivity index (χ1n) is 7.24. The van der Waals surface area contributed by atoms with Crippen molar-refractivity contribution in [3.8, 4) is 0 Å². The first kappa shape index (κ1) is 13.9. The van der Waals surface area contributed by atoms with Gasteiger partial charge in [-0.25, -0.2) is 4.79 Å². The Kier molecular flexibility index (Phi) is 5.20. The van der Waals surface area contributed by atoms with E-state index in [1.54, 1.807) is 0 Å². The van der Waals surface area contributed by atoms with Gasteiger partial charge in [0.2, 0.25) is 0 Å². The summed E-state index contributed by atoms with van der Waals surface area (Å²) in [6, 6.07) is 8.56. The van der Waals surface area contributed by atoms with Crippen LogP contribution in [0.1, 0.15) is 56.1 Å². The largest absolute Gasteiger partial charge is 0.463 e. The fourth-order valence-corrected chi connectivity index (χ4v) is 2.67. The summed E-state index contributed by atoms with van der Waals surface area (Å²) in [5.74, 6) is 0.454. The predicted octanol–water partition coefficient (Wildman–Crippen LogP) is 4.31. The van der Waals surface area contributed by atoms with Gasteiger partial charge in [-0.3, -0.25) is 0 Å². The molecule has 0 N–H and O–H groups in total. The lowest BCUT2D eigenvalue weighted by Gasteiger charge is -2.21. The lowest BCUT2D eigenvalue weighted by atomic mass is 9.84. The summed E-state index contributed by atoms with van der Waals surface area (Å²) in [4.78, 5) is 11.2. The molecule has 1 aliphatic rings. The number of ether oxygens (including phenoxy) is 1. The number of rotatable bonds is 4. The molecule has 1 aliphatic carbocycles. The number of hydrogen-bond donors (Lipinski definition) is 0. The molecule has 0 unspecified atom stereocenters. The van der Waals surface area contributed by atoms with E-state index in [4.69, 9.17) is 4.74 Å². The molecule has 0 aliphatic heterocycles. The molecule has 0 spiro atoms. The third-order valence-electron chi connectivity index (χ3n) is 3.71. The molecule has 2 rings (SSSR count). The Morgan fingerprint density at radius 2 is 1.89 bits per heavy atom. The van der Waals surface area contributed by atoms with Gasteiger partial charge in [-0.2, -0.15) is 0 Å². The van der Waals surface area contributed by atoms with Crippen LogP contribution in [0.15, 0.2) is 30.3 Å². The topological polar surface area (TPSA) is 26.3 Å². The molecule has 1 saturated carbocycles. The fourth-order valence-electron chi connectivity index (χ4n) is 2.67. The Balaban J connectivity index is 1.96. The van der Waals surface area contributed by atoms with E-state index in [0.717, 1.165) is 11.5 Å². The first-order chi connectivity index (χ1) is 9.29. The summed E-state index contributed by atoms with van der Waals surface area (Å²) >= 11 is 0. The van der Waals surface area contributed by atoms with Crippen LogP contribution < -0.4 is 0 Å². The third kappa shape index (κ3) is 4.23. The second kappa shape index (κ2) is 7.13. The van der Waals surface area contributed by atoms with E-state index in [0.29, 0.717) is 6.61 Å². The summed E-state index contributed by atoms with van der Waals surface area (Å²) in [6.07, 6.45) is 10.0. The minimum absolute atomic E-state index is 0.279. The molecule has 102 valence electrons. The fraction of sp³-hybridized carbons (Fsp3) is 0.471. The van der Waals surface area contributed by atoms with Crippen molar-refractivity contribution >= 4 is 12.0 Å². The van der Waals surface area contributed by atoms with E-state index in [2.05, 4.69) is 24.3 Å². The van der Waals surface area contributed by atoms with Crippen LogP contribution in [0.25, 0.3) is 6.08 Å². The van der Waals surface area contributed by atoms with Gasteiger partial charge in [0.1, 0.15) is 0 Å². The monoisotopic (exact) mass is 258 g/mol. The van der Waals surface area contributed by atoms with Gasteiger partial charge in [0.25, 0.3) is 0 Å². The van der Waals surface area contributed by atoms with Gasteiger partial charge in [0, 0.05) is 6.08 Å². The van der Waals surface area contributed by atoms with Gasteiger partial charge in [0.05, 0.1) is 6.61 Å². The van der Waals surface area contributed by atoms with Crippen molar-refractivity contribution in [2.75, 3.05) is 6.61 Å². The van der Waals surface area contributed by atoms with Crippen LogP contribution in [0.4, 0.5) is 0 Å². The second-order valence-electron chi connectivity index (χ2n) is 5.09. The molecule has 1 aromatic rings. The summed E-state index contributed by atoms with van der Waals surface area (Å²) in [7, 11) is 0. The molecule has 1 aromatic carbocycles. The Morgan fingerprint density at radius 1 is 1.21 bits per heavy atom. The predicted molar refractivity (Wildman–Crippen MR) is 77.9 cm³/mol. The zero-order valence-corrected chi connectivity index (χ0v) is 11.6. The van der Waals surface area contributed by atoms with Crippen LogP contribution in [-0.4, -0.2) is 12.6 Å². The zero-order valence-electron chi connectivity index (χ0n) is 11.6. The number of esters is 1. The van der Waals surface area contributed by atoms with Crippen molar-refractivity contribution in [2.45, 2.75) is 44.9 Å². The Labute approximate surface area is 115 Å². The number of hydrogen-bond acceptors (Lipinski definition) is 2. The van der Waals surface area contributed by atoms with Gasteiger partial charge < -0.3 is 4.74 Å². The molecule has 0 aromatic heterocycles. The third-order valence-corrected chi connectivity index (χ3v) is 3.71. The van der Waals surface area contributed by atoms with Crippen molar-refractivity contribution < 1.29 is 9.53 Å². The van der Waals surface area contributed by atoms with Crippen molar-refractivity contribution in [3.63, 3.8) is 0 Å². The van der Waals surface area contributed by atoms with Crippen molar-refractivity contribution in [1.29, 1.82) is 0 Å². The van der Waals surface area contributed by atoms with Gasteiger partial charge >= 0.3 is 5.97 Å². The smallest absolute Gasteiger partial charge is 0.330 e. The lowest BCUT2D eigenvalue weighted by molar-refractivity contribution is -0.137. The number of benzene rings is 1. The molecule has 1 fully saturated rings. The molecular weight excluding hydrogens is 236 g/mol. The molecule has 0 saturated heterocycles. The molecule has 2 heteroatoms. The average molecular weight is 258 g/mol. The molecule has 0 amide bonds. The van der Waals surface area contributed by atoms with Crippen molar-refractivity contribution in [3.05, 3.63) is 41.5 Å². The zero-order chi connectivity index (χ0) is 13.5. The molecule has 0 atom stereocenters. The van der Waals surface area contributed by atoms with Gasteiger partial charge in [-0.05, 0) is 42.9 Å². The van der Waals surface area contributed by atoms with Gasteiger partial charge in [-0.15, -0.1) is 0 Å². The van der Waals surface area contributed by atoms with E-state index < -0.39 is 0 Å². The highest BCUT2D eigenvalue weighted by Crippen LogP contribution is 2.32. The van der Waals surface area contributed by atoms with E-state index in [1.165, 1.54) is 43.7 Å². The quantitative estimate of drug-likeness (QED) is 0.594. The Bertz CT molecular complexity index is 425. The maximum atomic E-state index is 11.2. The standard InChI is InChI=1S/C17H22O2/c1-2-19-17(18)13-10-14-8-11-16(12-9-14)15-6-4-3-5-7-15/h8-13,15H,2-7H2,1H3/b13-10+. The van der Waals surface area contributed by atoms with E-state index in [-0.39, 0.29) is 5.97 Å². The summed E-state index contributed by atoms with van der Waals surface area (Å²) in [5.41, 5.74) is 2.49. The van der Waals surface area contributed by atoms with Crippen LogP contribution in [0.5, 0.6) is 0 Å². The van der Waals surface area contributed by atoms with Crippen LogP contribution in [0.2, 0.25) is 0 Å². The minimum atomic E-state index is -0.279. The molecular formula is C17H22O2. The van der Waals surface area contributed by atoms with Crippen molar-refractivity contribution in [2.24, 2.45) is 0 Å². The van der Waals surface area contributed by atoms with E-state index in [9.17, 15) is 4.79 Å². The molecule has 0 radical (unpaired) electrons. The maximum Gasteiger partial charge on any atom is 0.330 e. The molecule has 2 nitrogen and oxygen atoms in total. The van der Waals surface area contributed by atoms with Crippen molar-refractivity contribution in [1.82, 2.24) is 0 Å². The van der Waals surface area contributed by atoms with Crippen LogP contribution in [-0.2, 0) is 9.53 Å². The molecule has 0 bridgehead atoms. The van der Waals surface area contributed by atoms with Gasteiger partial charge in [0.15, 0.2) is 0 Å². The highest BCUT2D eigenvalue weighted by molar-refractivity contribution is 5.87. The second-order valence-corrected chi connectivity index (χ2v) is 5.09. The number of carbonyl (C=O) groups excluding carboxylic acids is 1. The Morgan fingerprint density at radius 3 is 2.53 bits per heavy atom. The molecule has 0 heterocycles. The summed E-state index contributed by atoms with van der Waals surface area (Å²) in [6.45, 7) is 2.23. The minimum Gasteiger partial charge on any atom is -0.463 e. The highest BCUT2D eigenvalue weighted by atomic mass is 16.5. The van der Waals surface area contributed by atoms with Crippen LogP contribution in [0.3, 0.4) is 0 Å². The summed E-state index contributed by atoms with van der Waals surface area (Å²) in [5, 5.41) is 0. The van der Waals surface area contributed by atoms with Crippen LogP contribution in [0, 0.1) is 0 Å². The van der Waals surface area contributed by atoms with E-state index in [1.807, 2.05) is 13.0 Å². The van der Waals surface area contributed by atoms with Gasteiger partial charge in [-0.1, -0.05) is 43.5 Å². The number of carbonyl (C=O) groups is 1. The Hall–Kier alpha value is -1.57. The molecule has 19 heavy (non-hydrogen) atoms. The normalized spacial score (nSPS) is 16.7. The highest BCUT2D eigenvalue weighted by Gasteiger charge is 2.14. The average Bonchev–Trinajstić information content (AvgIpc) is 2.47. The SMILES string of the molecule is CCOC(=O)/C=C/c1ccc(C2CCCCC2)cc1.